The molecule has 3 nitrogen and oxygen atoms in total. The molecule has 0 aromatic carbocycles. The van der Waals surface area contributed by atoms with Gasteiger partial charge in [-0.1, -0.05) is 82.1 Å². The molecule has 4 heteroatoms. The molecule has 1 rings (SSSR count). The van der Waals surface area contributed by atoms with Gasteiger partial charge in [0.25, 0.3) is 0 Å². The molecular weight excluding hydrogens is 363 g/mol. The normalized spacial score (nSPS) is 21.2. The van der Waals surface area contributed by atoms with E-state index < -0.39 is 5.67 Å². The van der Waals surface area contributed by atoms with Gasteiger partial charge in [0.15, 0.2) is 0 Å². The summed E-state index contributed by atoms with van der Waals surface area (Å²) in [6.07, 6.45) is 5.72. The summed E-state index contributed by atoms with van der Waals surface area (Å²) < 4.78 is 15.1. The summed E-state index contributed by atoms with van der Waals surface area (Å²) in [5.41, 5.74) is -0.928. The molecule has 176 valence electrons. The molecule has 29 heavy (non-hydrogen) atoms. The average molecular weight is 417 g/mol. The fourth-order valence-corrected chi connectivity index (χ4v) is 2.82. The fraction of sp³-hybridized carbons (Fsp3) is 0.960. The minimum Gasteiger partial charge on any atom is -0.353 e. The van der Waals surface area contributed by atoms with Crippen molar-refractivity contribution in [2.75, 3.05) is 26.2 Å². The van der Waals surface area contributed by atoms with Gasteiger partial charge in [-0.25, -0.2) is 4.39 Å². The Labute approximate surface area is 182 Å². The lowest BCUT2D eigenvalue weighted by atomic mass is 9.92. The van der Waals surface area contributed by atoms with Crippen LogP contribution in [0.2, 0.25) is 0 Å². The summed E-state index contributed by atoms with van der Waals surface area (Å²) in [5.74, 6) is 0.200. The summed E-state index contributed by atoms with van der Waals surface area (Å²) in [6.45, 7) is 24.0. The number of carbonyl (C=O) groups excluding carboxylic acids is 1. The number of unbranched alkanes of at least 4 members (excludes halogenated alkanes) is 1. The van der Waals surface area contributed by atoms with Crippen molar-refractivity contribution in [3.8, 4) is 0 Å². The zero-order chi connectivity index (χ0) is 23.1. The van der Waals surface area contributed by atoms with Gasteiger partial charge in [0.05, 0.1) is 6.54 Å². The quantitative estimate of drug-likeness (QED) is 0.492. The van der Waals surface area contributed by atoms with Gasteiger partial charge in [-0.15, -0.1) is 0 Å². The predicted octanol–water partition coefficient (Wildman–Crippen LogP) is 6.86. The Balaban J connectivity index is 0. The van der Waals surface area contributed by atoms with Gasteiger partial charge in [-0.05, 0) is 50.1 Å². The number of likely N-dealkylation sites (tertiary alicyclic amines) is 1. The van der Waals surface area contributed by atoms with E-state index >= 15 is 4.39 Å². The second-order valence-corrected chi connectivity index (χ2v) is 9.91. The van der Waals surface area contributed by atoms with E-state index in [-0.39, 0.29) is 24.3 Å². The molecule has 1 amide bonds. The summed E-state index contributed by atoms with van der Waals surface area (Å²) in [6, 6.07) is 0. The third-order valence-electron chi connectivity index (χ3n) is 5.65. The van der Waals surface area contributed by atoms with E-state index in [1.165, 1.54) is 12.8 Å². The Bertz CT molecular complexity index is 404. The topological polar surface area (TPSA) is 32.3 Å². The van der Waals surface area contributed by atoms with Crippen LogP contribution in [-0.4, -0.2) is 42.7 Å². The molecule has 1 fully saturated rings. The number of alkyl halides is 1. The highest BCUT2D eigenvalue weighted by Gasteiger charge is 2.33. The molecule has 0 radical (unpaired) electrons. The van der Waals surface area contributed by atoms with Crippen LogP contribution in [0.1, 0.15) is 108 Å². The second kappa shape index (κ2) is 16.1. The zero-order valence-corrected chi connectivity index (χ0v) is 21.5. The largest absolute Gasteiger partial charge is 0.353 e. The van der Waals surface area contributed by atoms with Crippen molar-refractivity contribution >= 4 is 5.91 Å². The van der Waals surface area contributed by atoms with Crippen LogP contribution in [0, 0.1) is 17.3 Å². The zero-order valence-electron chi connectivity index (χ0n) is 21.5. The molecule has 0 bridgehead atoms. The first-order valence-corrected chi connectivity index (χ1v) is 12.1. The minimum absolute atomic E-state index is 0.0224. The molecule has 1 aliphatic rings. The third-order valence-corrected chi connectivity index (χ3v) is 5.65. The van der Waals surface area contributed by atoms with E-state index in [9.17, 15) is 4.79 Å². The number of rotatable bonds is 7. The van der Waals surface area contributed by atoms with Gasteiger partial charge in [0.1, 0.15) is 5.67 Å². The van der Waals surface area contributed by atoms with Crippen LogP contribution in [0.15, 0.2) is 0 Å². The summed E-state index contributed by atoms with van der Waals surface area (Å²) in [5, 5.41) is 2.84. The maximum absolute atomic E-state index is 15.1. The van der Waals surface area contributed by atoms with Gasteiger partial charge < -0.3 is 10.2 Å². The van der Waals surface area contributed by atoms with Crippen molar-refractivity contribution in [3.63, 3.8) is 0 Å². The number of amides is 1. The first-order valence-electron chi connectivity index (χ1n) is 12.1. The molecule has 0 spiro atoms. The highest BCUT2D eigenvalue weighted by Crippen LogP contribution is 2.27. The van der Waals surface area contributed by atoms with Crippen molar-refractivity contribution in [2.45, 2.75) is 113 Å². The molecule has 0 aliphatic carbocycles. The van der Waals surface area contributed by atoms with Crippen molar-refractivity contribution in [3.05, 3.63) is 0 Å². The monoisotopic (exact) mass is 416 g/mol. The highest BCUT2D eigenvalue weighted by molar-refractivity contribution is 5.78. The van der Waals surface area contributed by atoms with E-state index in [0.29, 0.717) is 18.3 Å². The highest BCUT2D eigenvalue weighted by atomic mass is 19.1. The van der Waals surface area contributed by atoms with Crippen molar-refractivity contribution < 1.29 is 9.18 Å². The Morgan fingerprint density at radius 3 is 2.07 bits per heavy atom. The minimum atomic E-state index is -1.25. The molecule has 0 aromatic rings. The van der Waals surface area contributed by atoms with Crippen LogP contribution in [0.3, 0.4) is 0 Å². The Hall–Kier alpha value is -0.640. The maximum Gasteiger partial charge on any atom is 0.223 e. The average Bonchev–Trinajstić information content (AvgIpc) is 2.87. The van der Waals surface area contributed by atoms with E-state index in [4.69, 9.17) is 0 Å². The van der Waals surface area contributed by atoms with Gasteiger partial charge in [0, 0.05) is 12.5 Å². The van der Waals surface area contributed by atoms with E-state index in [0.717, 1.165) is 32.5 Å². The summed E-state index contributed by atoms with van der Waals surface area (Å²) >= 11 is 0. The number of hydrogen-bond acceptors (Lipinski definition) is 2. The lowest BCUT2D eigenvalue weighted by Gasteiger charge is -2.27. The van der Waals surface area contributed by atoms with Crippen molar-refractivity contribution in [1.82, 2.24) is 10.2 Å². The molecule has 2 atom stereocenters. The van der Waals surface area contributed by atoms with Crippen LogP contribution in [0.5, 0.6) is 0 Å². The fourth-order valence-electron chi connectivity index (χ4n) is 2.82. The van der Waals surface area contributed by atoms with E-state index in [1.54, 1.807) is 0 Å². The Morgan fingerprint density at radius 2 is 1.62 bits per heavy atom. The number of carbonyl (C=O) groups is 1. The first-order chi connectivity index (χ1) is 13.4. The Morgan fingerprint density at radius 1 is 1.07 bits per heavy atom. The molecule has 1 saturated heterocycles. The summed E-state index contributed by atoms with van der Waals surface area (Å²) in [4.78, 5) is 14.4. The second-order valence-electron chi connectivity index (χ2n) is 9.91. The third kappa shape index (κ3) is 15.8. The molecular formula is C25H53FN2O. The standard InChI is InChI=1S/C19H37FN2O.C4H10.C2H6/c1-15(2)16(3)17(23)21-14-19(20)8-7-11-22(13-10-19)12-9-18(4,5)6;1-3-4-2;1-2/h15-16H,7-14H2,1-6H3,(H,21,23);3-4H2,1-2H3;1-2H3. The number of halogens is 1. The lowest BCUT2D eigenvalue weighted by molar-refractivity contribution is -0.126. The smallest absolute Gasteiger partial charge is 0.223 e. The number of hydrogen-bond donors (Lipinski definition) is 1. The lowest BCUT2D eigenvalue weighted by Crippen LogP contribution is -2.43. The van der Waals surface area contributed by atoms with E-state index in [1.807, 2.05) is 34.6 Å². The van der Waals surface area contributed by atoms with Gasteiger partial charge >= 0.3 is 0 Å². The van der Waals surface area contributed by atoms with Crippen LogP contribution >= 0.6 is 0 Å². The van der Waals surface area contributed by atoms with Gasteiger partial charge in [-0.2, -0.15) is 0 Å². The molecule has 2 unspecified atom stereocenters. The van der Waals surface area contributed by atoms with Gasteiger partial charge in [-0.3, -0.25) is 4.79 Å². The molecule has 1 heterocycles. The summed E-state index contributed by atoms with van der Waals surface area (Å²) in [7, 11) is 0. The van der Waals surface area contributed by atoms with Crippen LogP contribution in [0.25, 0.3) is 0 Å². The SMILES string of the molecule is CC.CC(C)C(C)C(=O)NCC1(F)CCCN(CCC(C)(C)C)CC1.CCCC. The van der Waals surface area contributed by atoms with Crippen molar-refractivity contribution in [1.29, 1.82) is 0 Å². The van der Waals surface area contributed by atoms with E-state index in [2.05, 4.69) is 44.8 Å². The maximum atomic E-state index is 15.1. The number of nitrogens with one attached hydrogen (secondary N) is 1. The predicted molar refractivity (Wildman–Crippen MR) is 127 cm³/mol. The van der Waals surface area contributed by atoms with Crippen LogP contribution < -0.4 is 5.32 Å². The molecule has 0 saturated carbocycles. The molecule has 1 aliphatic heterocycles. The Kier molecular flexibility index (Phi) is 17.0. The van der Waals surface area contributed by atoms with Crippen LogP contribution in [0.4, 0.5) is 4.39 Å². The number of nitrogens with zero attached hydrogens (tertiary/aromatic N) is 1. The molecule has 0 aromatic heterocycles. The van der Waals surface area contributed by atoms with Crippen LogP contribution in [-0.2, 0) is 4.79 Å². The van der Waals surface area contributed by atoms with Crippen molar-refractivity contribution in [2.24, 2.45) is 17.3 Å². The first kappa shape index (κ1) is 30.6. The molecule has 1 N–H and O–H groups in total. The van der Waals surface area contributed by atoms with Gasteiger partial charge in [0.2, 0.25) is 5.91 Å².